The molecule has 3 heteroatoms. The van der Waals surface area contributed by atoms with E-state index in [9.17, 15) is 4.21 Å². The molecule has 13 heavy (non-hydrogen) atoms. The molecule has 0 bridgehead atoms. The van der Waals surface area contributed by atoms with Crippen LogP contribution in [0.15, 0.2) is 35.3 Å². The van der Waals surface area contributed by atoms with Crippen molar-refractivity contribution < 1.29 is 4.21 Å². The molecule has 0 aromatic carbocycles. The van der Waals surface area contributed by atoms with E-state index in [0.717, 1.165) is 10.5 Å². The Morgan fingerprint density at radius 3 is 2.62 bits per heavy atom. The number of nitrogens with one attached hydrogen (secondary N) is 1. The Bertz CT molecular complexity index is 254. The number of hydrogen-bond donors (Lipinski definition) is 1. The Morgan fingerprint density at radius 2 is 2.23 bits per heavy atom. The van der Waals surface area contributed by atoms with Gasteiger partial charge in [-0.3, -0.25) is 0 Å². The van der Waals surface area contributed by atoms with Gasteiger partial charge in [-0.05, 0) is 25.5 Å². The Morgan fingerprint density at radius 1 is 1.62 bits per heavy atom. The average molecular weight is 199 g/mol. The van der Waals surface area contributed by atoms with E-state index in [1.54, 1.807) is 0 Å². The van der Waals surface area contributed by atoms with E-state index in [2.05, 4.69) is 11.3 Å². The Kier molecular flexibility index (Phi) is 6.45. The zero-order chi connectivity index (χ0) is 10.3. The predicted octanol–water partition coefficient (Wildman–Crippen LogP) is 2.30. The summed E-state index contributed by atoms with van der Waals surface area (Å²) in [6.07, 6.45) is 5.58. The Labute approximate surface area is 83.0 Å². The van der Waals surface area contributed by atoms with Gasteiger partial charge in [-0.25, -0.2) is 8.93 Å². The molecule has 0 spiro atoms. The van der Waals surface area contributed by atoms with Crippen LogP contribution in [0.3, 0.4) is 0 Å². The number of allylic oxidation sites excluding steroid dienone is 4. The molecule has 2 nitrogen and oxygen atoms in total. The molecule has 0 heterocycles. The average Bonchev–Trinajstić information content (AvgIpc) is 2.05. The van der Waals surface area contributed by atoms with Gasteiger partial charge in [0.1, 0.15) is 11.0 Å². The minimum atomic E-state index is -1.13. The fraction of sp³-hybridized carbons (Fsp3) is 0.400. The summed E-state index contributed by atoms with van der Waals surface area (Å²) in [5.74, 6) is 0. The minimum absolute atomic E-state index is 0.688. The van der Waals surface area contributed by atoms with Crippen LogP contribution < -0.4 is 4.72 Å². The molecule has 0 aromatic rings. The van der Waals surface area contributed by atoms with Crippen LogP contribution in [0.5, 0.6) is 0 Å². The highest BCUT2D eigenvalue weighted by atomic mass is 32.2. The molecule has 0 fully saturated rings. The summed E-state index contributed by atoms with van der Waals surface area (Å²) in [6.45, 7) is 10.2. The SMILES string of the molecule is C=C(C)/C(=C\C=C/C)S(=O)NCC. The molecule has 0 rings (SSSR count). The van der Waals surface area contributed by atoms with Gasteiger partial charge < -0.3 is 0 Å². The summed E-state index contributed by atoms with van der Waals surface area (Å²) >= 11 is 0. The van der Waals surface area contributed by atoms with E-state index >= 15 is 0 Å². The lowest BCUT2D eigenvalue weighted by atomic mass is 10.3. The number of hydrogen-bond acceptors (Lipinski definition) is 1. The van der Waals surface area contributed by atoms with E-state index in [4.69, 9.17) is 0 Å². The van der Waals surface area contributed by atoms with Crippen LogP contribution in [0, 0.1) is 0 Å². The third kappa shape index (κ3) is 4.80. The third-order valence-corrected chi connectivity index (χ3v) is 2.77. The zero-order valence-corrected chi connectivity index (χ0v) is 9.28. The predicted molar refractivity (Wildman–Crippen MR) is 59.5 cm³/mol. The highest BCUT2D eigenvalue weighted by molar-refractivity contribution is 7.87. The fourth-order valence-electron chi connectivity index (χ4n) is 0.755. The van der Waals surface area contributed by atoms with Crippen LogP contribution in [0.1, 0.15) is 20.8 Å². The first-order valence-corrected chi connectivity index (χ1v) is 5.42. The second-order valence-electron chi connectivity index (χ2n) is 2.60. The fourth-order valence-corrected chi connectivity index (χ4v) is 1.69. The molecule has 0 saturated carbocycles. The van der Waals surface area contributed by atoms with Gasteiger partial charge >= 0.3 is 0 Å². The smallest absolute Gasteiger partial charge is 0.125 e. The monoisotopic (exact) mass is 199 g/mol. The highest BCUT2D eigenvalue weighted by Gasteiger charge is 2.05. The van der Waals surface area contributed by atoms with Crippen molar-refractivity contribution in [1.29, 1.82) is 0 Å². The molecule has 0 amide bonds. The van der Waals surface area contributed by atoms with Gasteiger partial charge in [0.15, 0.2) is 0 Å². The second-order valence-corrected chi connectivity index (χ2v) is 3.87. The molecule has 74 valence electrons. The van der Waals surface area contributed by atoms with E-state index in [-0.39, 0.29) is 0 Å². The first-order valence-electron chi connectivity index (χ1n) is 4.27. The Hall–Kier alpha value is -0.670. The molecule has 0 aliphatic rings. The van der Waals surface area contributed by atoms with Gasteiger partial charge in [-0.2, -0.15) is 0 Å². The van der Waals surface area contributed by atoms with Crippen molar-refractivity contribution in [2.24, 2.45) is 0 Å². The molecule has 1 atom stereocenters. The molecule has 0 aliphatic carbocycles. The quantitative estimate of drug-likeness (QED) is 0.676. The van der Waals surface area contributed by atoms with E-state index in [0.29, 0.717) is 6.54 Å². The zero-order valence-electron chi connectivity index (χ0n) is 8.46. The van der Waals surface area contributed by atoms with Crippen molar-refractivity contribution in [3.8, 4) is 0 Å². The minimum Gasteiger partial charge on any atom is -0.237 e. The Balaban J connectivity index is 4.61. The lowest BCUT2D eigenvalue weighted by molar-refractivity contribution is 0.678. The first-order chi connectivity index (χ1) is 6.13. The normalized spacial score (nSPS) is 14.8. The molecular weight excluding hydrogens is 182 g/mol. The molecule has 0 radical (unpaired) electrons. The maximum absolute atomic E-state index is 11.5. The summed E-state index contributed by atoms with van der Waals surface area (Å²) in [6, 6.07) is 0. The molecule has 1 N–H and O–H groups in total. The van der Waals surface area contributed by atoms with Gasteiger partial charge in [0, 0.05) is 6.54 Å². The maximum atomic E-state index is 11.5. The third-order valence-electron chi connectivity index (χ3n) is 1.34. The topological polar surface area (TPSA) is 29.1 Å². The lowest BCUT2D eigenvalue weighted by Gasteiger charge is -2.05. The van der Waals surface area contributed by atoms with Gasteiger partial charge in [-0.1, -0.05) is 25.7 Å². The van der Waals surface area contributed by atoms with Crippen LogP contribution >= 0.6 is 0 Å². The lowest BCUT2D eigenvalue weighted by Crippen LogP contribution is -2.18. The first kappa shape index (κ1) is 12.3. The van der Waals surface area contributed by atoms with Crippen molar-refractivity contribution >= 4 is 11.0 Å². The highest BCUT2D eigenvalue weighted by Crippen LogP contribution is 2.10. The van der Waals surface area contributed by atoms with Crippen LogP contribution in [-0.4, -0.2) is 10.8 Å². The van der Waals surface area contributed by atoms with Crippen LogP contribution in [0.2, 0.25) is 0 Å². The standard InChI is InChI=1S/C10H17NOS/c1-5-7-8-10(9(3)4)13(12)11-6-2/h5,7-8,11H,3,6H2,1-2,4H3/b7-5-,10-8+. The van der Waals surface area contributed by atoms with E-state index in [1.807, 2.05) is 39.0 Å². The molecule has 0 aliphatic heterocycles. The summed E-state index contributed by atoms with van der Waals surface area (Å²) < 4.78 is 14.4. The van der Waals surface area contributed by atoms with Crippen molar-refractivity contribution in [3.05, 3.63) is 35.3 Å². The summed E-state index contributed by atoms with van der Waals surface area (Å²) in [7, 11) is -1.13. The molecular formula is C10H17NOS. The maximum Gasteiger partial charge on any atom is 0.125 e. The van der Waals surface area contributed by atoms with Crippen molar-refractivity contribution in [1.82, 2.24) is 4.72 Å². The summed E-state index contributed by atoms with van der Waals surface area (Å²) in [5.41, 5.74) is 0.831. The largest absolute Gasteiger partial charge is 0.237 e. The molecule has 0 saturated heterocycles. The van der Waals surface area contributed by atoms with Gasteiger partial charge in [-0.15, -0.1) is 0 Å². The molecule has 1 unspecified atom stereocenters. The van der Waals surface area contributed by atoms with Gasteiger partial charge in [0.25, 0.3) is 0 Å². The van der Waals surface area contributed by atoms with Gasteiger partial charge in [0.05, 0.1) is 4.91 Å². The van der Waals surface area contributed by atoms with Gasteiger partial charge in [0.2, 0.25) is 0 Å². The van der Waals surface area contributed by atoms with Crippen LogP contribution in [0.25, 0.3) is 0 Å². The van der Waals surface area contributed by atoms with Crippen molar-refractivity contribution in [3.63, 3.8) is 0 Å². The van der Waals surface area contributed by atoms with Crippen LogP contribution in [0.4, 0.5) is 0 Å². The van der Waals surface area contributed by atoms with Crippen molar-refractivity contribution in [2.75, 3.05) is 6.54 Å². The van der Waals surface area contributed by atoms with Crippen molar-refractivity contribution in [2.45, 2.75) is 20.8 Å². The van der Waals surface area contributed by atoms with E-state index in [1.165, 1.54) is 0 Å². The summed E-state index contributed by atoms with van der Waals surface area (Å²) in [4.78, 5) is 0.750. The van der Waals surface area contributed by atoms with E-state index < -0.39 is 11.0 Å². The number of rotatable bonds is 5. The second kappa shape index (κ2) is 6.80. The summed E-state index contributed by atoms with van der Waals surface area (Å²) in [5, 5.41) is 0. The van der Waals surface area contributed by atoms with Crippen LogP contribution in [-0.2, 0) is 11.0 Å². The molecule has 0 aromatic heterocycles.